The predicted octanol–water partition coefficient (Wildman–Crippen LogP) is 4.93. The fourth-order valence-electron chi connectivity index (χ4n) is 4.41. The molecule has 0 aliphatic heterocycles. The second-order valence-electron chi connectivity index (χ2n) is 11.1. The van der Waals surface area contributed by atoms with Crippen LogP contribution in [0, 0.1) is 6.92 Å². The van der Waals surface area contributed by atoms with Crippen molar-refractivity contribution < 1.29 is 27.5 Å². The molecule has 3 aromatic carbocycles. The van der Waals surface area contributed by atoms with Gasteiger partial charge in [0.15, 0.2) is 0 Å². The Balaban J connectivity index is 2.06. The van der Waals surface area contributed by atoms with E-state index in [1.807, 2.05) is 46.8 Å². The number of nitrogens with one attached hydrogen (secondary N) is 1. The van der Waals surface area contributed by atoms with Crippen molar-refractivity contribution in [2.45, 2.75) is 64.1 Å². The maximum absolute atomic E-state index is 14.2. The lowest BCUT2D eigenvalue weighted by Gasteiger charge is -2.34. The first-order chi connectivity index (χ1) is 19.8. The molecule has 0 saturated heterocycles. The highest BCUT2D eigenvalue weighted by molar-refractivity contribution is 7.92. The monoisotopic (exact) mass is 595 g/mol. The van der Waals surface area contributed by atoms with Crippen molar-refractivity contribution in [2.24, 2.45) is 0 Å². The Labute approximate surface area is 249 Å². The van der Waals surface area contributed by atoms with Crippen LogP contribution in [0.1, 0.15) is 45.2 Å². The van der Waals surface area contributed by atoms with Crippen LogP contribution in [-0.2, 0) is 26.2 Å². The van der Waals surface area contributed by atoms with E-state index in [1.54, 1.807) is 55.6 Å². The van der Waals surface area contributed by atoms with Crippen LogP contribution in [0.3, 0.4) is 0 Å². The normalized spacial score (nSPS) is 12.3. The largest absolute Gasteiger partial charge is 0.497 e. The molecular formula is C32H41N3O6S. The Morgan fingerprint density at radius 3 is 1.86 bits per heavy atom. The molecule has 3 rings (SSSR count). The number of hydrogen-bond donors (Lipinski definition) is 1. The van der Waals surface area contributed by atoms with Crippen LogP contribution < -0.4 is 19.1 Å². The summed E-state index contributed by atoms with van der Waals surface area (Å²) in [7, 11) is -1.11. The smallest absolute Gasteiger partial charge is 0.264 e. The van der Waals surface area contributed by atoms with Gasteiger partial charge in [0.1, 0.15) is 24.1 Å². The van der Waals surface area contributed by atoms with Crippen LogP contribution in [-0.4, -0.2) is 57.5 Å². The van der Waals surface area contributed by atoms with Gasteiger partial charge in [0.2, 0.25) is 11.8 Å². The van der Waals surface area contributed by atoms with E-state index in [1.165, 1.54) is 24.1 Å². The van der Waals surface area contributed by atoms with Crippen LogP contribution in [0.4, 0.5) is 5.69 Å². The van der Waals surface area contributed by atoms with E-state index in [4.69, 9.17) is 9.47 Å². The highest BCUT2D eigenvalue weighted by Gasteiger charge is 2.34. The average Bonchev–Trinajstić information content (AvgIpc) is 2.95. The van der Waals surface area contributed by atoms with Crippen LogP contribution >= 0.6 is 0 Å². The summed E-state index contributed by atoms with van der Waals surface area (Å²) in [4.78, 5) is 29.1. The minimum Gasteiger partial charge on any atom is -0.497 e. The van der Waals surface area contributed by atoms with E-state index in [9.17, 15) is 18.0 Å². The quantitative estimate of drug-likeness (QED) is 0.318. The van der Waals surface area contributed by atoms with E-state index < -0.39 is 34.1 Å². The second-order valence-corrected chi connectivity index (χ2v) is 12.9. The zero-order chi connectivity index (χ0) is 31.1. The molecule has 9 nitrogen and oxygen atoms in total. The summed E-state index contributed by atoms with van der Waals surface area (Å²) in [6.45, 7) is 8.92. The standard InChI is InChI=1S/C32H41N3O6S/c1-8-29(31(37)33-32(3,4)5)34(21-24-11-15-26(40-6)16-12-24)30(36)22-35(25-13-9-23(2)10-14-25)42(38,39)28-19-17-27(41-7)18-20-28/h9-20,29H,8,21-22H2,1-7H3,(H,33,37)/t29-/m1/s1. The number of methoxy groups -OCH3 is 2. The molecule has 2 amide bonds. The Bertz CT molecular complexity index is 1450. The highest BCUT2D eigenvalue weighted by atomic mass is 32.2. The number of carbonyl (C=O) groups excluding carboxylic acids is 2. The Kier molecular flexibility index (Phi) is 10.6. The predicted molar refractivity (Wildman–Crippen MR) is 164 cm³/mol. The molecule has 0 aliphatic rings. The number of rotatable bonds is 12. The third kappa shape index (κ3) is 8.25. The van der Waals surface area contributed by atoms with E-state index in [2.05, 4.69) is 5.32 Å². The lowest BCUT2D eigenvalue weighted by Crippen LogP contribution is -2.55. The molecule has 226 valence electrons. The van der Waals surface area contributed by atoms with Crippen molar-refractivity contribution in [1.82, 2.24) is 10.2 Å². The van der Waals surface area contributed by atoms with E-state index in [0.29, 0.717) is 23.6 Å². The number of carbonyl (C=O) groups is 2. The Morgan fingerprint density at radius 1 is 0.857 bits per heavy atom. The van der Waals surface area contributed by atoms with Gasteiger partial charge in [-0.05, 0) is 88.2 Å². The number of anilines is 1. The van der Waals surface area contributed by atoms with Gasteiger partial charge in [-0.15, -0.1) is 0 Å². The number of ether oxygens (including phenoxy) is 2. The molecule has 0 saturated carbocycles. The van der Waals surface area contributed by atoms with Gasteiger partial charge in [-0.25, -0.2) is 8.42 Å². The van der Waals surface area contributed by atoms with Gasteiger partial charge in [-0.2, -0.15) is 0 Å². The molecule has 0 spiro atoms. The molecule has 0 fully saturated rings. The van der Waals surface area contributed by atoms with E-state index in [0.717, 1.165) is 15.4 Å². The zero-order valence-corrected chi connectivity index (χ0v) is 26.2. The molecule has 0 aliphatic carbocycles. The summed E-state index contributed by atoms with van der Waals surface area (Å²) < 4.78 is 39.5. The van der Waals surface area contributed by atoms with Crippen LogP contribution in [0.25, 0.3) is 0 Å². The molecule has 0 aromatic heterocycles. The van der Waals surface area contributed by atoms with Gasteiger partial charge in [-0.3, -0.25) is 13.9 Å². The maximum Gasteiger partial charge on any atom is 0.264 e. The minimum atomic E-state index is -4.17. The van der Waals surface area contributed by atoms with Crippen molar-refractivity contribution in [3.8, 4) is 11.5 Å². The molecule has 42 heavy (non-hydrogen) atoms. The van der Waals surface area contributed by atoms with E-state index in [-0.39, 0.29) is 17.3 Å². The zero-order valence-electron chi connectivity index (χ0n) is 25.4. The average molecular weight is 596 g/mol. The van der Waals surface area contributed by atoms with Gasteiger partial charge in [0.05, 0.1) is 24.8 Å². The van der Waals surface area contributed by atoms with Gasteiger partial charge >= 0.3 is 0 Å². The summed E-state index contributed by atoms with van der Waals surface area (Å²) in [5.41, 5.74) is 1.52. The second kappa shape index (κ2) is 13.7. The Morgan fingerprint density at radius 2 is 1.38 bits per heavy atom. The van der Waals surface area contributed by atoms with Crippen LogP contribution in [0.2, 0.25) is 0 Å². The Hall–Kier alpha value is -4.05. The van der Waals surface area contributed by atoms with Crippen molar-refractivity contribution in [3.05, 3.63) is 83.9 Å². The molecule has 1 N–H and O–H groups in total. The number of benzene rings is 3. The molecule has 0 unspecified atom stereocenters. The van der Waals surface area contributed by atoms with Crippen LogP contribution in [0.15, 0.2) is 77.7 Å². The van der Waals surface area contributed by atoms with Gasteiger partial charge in [-0.1, -0.05) is 36.8 Å². The molecule has 0 bridgehead atoms. The van der Waals surface area contributed by atoms with Crippen molar-refractivity contribution in [2.75, 3.05) is 25.1 Å². The first-order valence-corrected chi connectivity index (χ1v) is 15.2. The number of hydrogen-bond acceptors (Lipinski definition) is 6. The summed E-state index contributed by atoms with van der Waals surface area (Å²) in [6.07, 6.45) is 0.333. The SMILES string of the molecule is CC[C@H](C(=O)NC(C)(C)C)N(Cc1ccc(OC)cc1)C(=O)CN(c1ccc(C)cc1)S(=O)(=O)c1ccc(OC)cc1. The third-order valence-electron chi connectivity index (χ3n) is 6.64. The number of sulfonamides is 1. The van der Waals surface area contributed by atoms with E-state index >= 15 is 0 Å². The molecular weight excluding hydrogens is 554 g/mol. The first-order valence-electron chi connectivity index (χ1n) is 13.8. The lowest BCUT2D eigenvalue weighted by atomic mass is 10.1. The van der Waals surface area contributed by atoms with Gasteiger partial charge in [0.25, 0.3) is 10.0 Å². The molecule has 10 heteroatoms. The topological polar surface area (TPSA) is 105 Å². The number of nitrogens with zero attached hydrogens (tertiary/aromatic N) is 2. The summed E-state index contributed by atoms with van der Waals surface area (Å²) in [5, 5.41) is 2.97. The van der Waals surface area contributed by atoms with Gasteiger partial charge in [0, 0.05) is 12.1 Å². The fraction of sp³-hybridized carbons (Fsp3) is 0.375. The minimum absolute atomic E-state index is 0.0101. The molecule has 1 atom stereocenters. The van der Waals surface area contributed by atoms with Crippen molar-refractivity contribution >= 4 is 27.5 Å². The first kappa shape index (κ1) is 32.5. The molecule has 3 aromatic rings. The summed E-state index contributed by atoms with van der Waals surface area (Å²) in [5.74, 6) is 0.338. The summed E-state index contributed by atoms with van der Waals surface area (Å²) in [6, 6.07) is 19.3. The highest BCUT2D eigenvalue weighted by Crippen LogP contribution is 2.27. The number of amides is 2. The van der Waals surface area contributed by atoms with Crippen LogP contribution in [0.5, 0.6) is 11.5 Å². The maximum atomic E-state index is 14.2. The number of aryl methyl sites for hydroxylation is 1. The molecule has 0 heterocycles. The van der Waals surface area contributed by atoms with Gasteiger partial charge < -0.3 is 19.7 Å². The summed E-state index contributed by atoms with van der Waals surface area (Å²) >= 11 is 0. The molecule has 0 radical (unpaired) electrons. The van der Waals surface area contributed by atoms with Crippen molar-refractivity contribution in [3.63, 3.8) is 0 Å². The lowest BCUT2D eigenvalue weighted by molar-refractivity contribution is -0.141. The van der Waals surface area contributed by atoms with Crippen molar-refractivity contribution in [1.29, 1.82) is 0 Å². The fourth-order valence-corrected chi connectivity index (χ4v) is 5.83. The third-order valence-corrected chi connectivity index (χ3v) is 8.43.